The molecule has 0 spiro atoms. The van der Waals surface area contributed by atoms with Crippen molar-refractivity contribution in [3.05, 3.63) is 103 Å². The van der Waals surface area contributed by atoms with Crippen LogP contribution in [0, 0.1) is 11.7 Å². The van der Waals surface area contributed by atoms with Crippen LogP contribution < -0.4 is 5.32 Å². The topological polar surface area (TPSA) is 95.2 Å². The number of imidazole rings is 1. The zero-order chi connectivity index (χ0) is 26.8. The number of hydrogen-bond acceptors (Lipinski definition) is 5. The zero-order valence-corrected chi connectivity index (χ0v) is 21.5. The van der Waals surface area contributed by atoms with Gasteiger partial charge in [0.05, 0.1) is 28.4 Å². The van der Waals surface area contributed by atoms with Crippen LogP contribution in [-0.4, -0.2) is 30.1 Å². The first-order chi connectivity index (χ1) is 18.4. The summed E-state index contributed by atoms with van der Waals surface area (Å²) in [4.78, 5) is 17.4. The number of rotatable bonds is 8. The van der Waals surface area contributed by atoms with Gasteiger partial charge in [-0.25, -0.2) is 14.4 Å². The van der Waals surface area contributed by atoms with Crippen molar-refractivity contribution in [1.29, 1.82) is 0 Å². The number of nitrogens with one attached hydrogen (secondary N) is 3. The number of pyridine rings is 2. The maximum Gasteiger partial charge on any atom is 0.161 e. The Kier molecular flexibility index (Phi) is 6.70. The van der Waals surface area contributed by atoms with Gasteiger partial charge in [-0.15, -0.1) is 0 Å². The Balaban J connectivity index is 1.55. The summed E-state index contributed by atoms with van der Waals surface area (Å²) in [7, 11) is 0. The van der Waals surface area contributed by atoms with Gasteiger partial charge in [-0.1, -0.05) is 45.2 Å². The standard InChI is InChI=1S/C30H28FN7/c1-6-19(14-22(7-2)33-18(5)17(3)4)24-12-13-25-28(34-24)29(38-37-25)30-35-26-16-32-15-23(27(26)36-30)20-8-10-21(31)11-9-20/h6-17,33H,2,5H2,1,3-4H3,(H,35,36)(H,37,38)/b19-6+,22-14+. The summed E-state index contributed by atoms with van der Waals surface area (Å²) in [5, 5.41) is 10.9. The fraction of sp³-hybridized carbons (Fsp3) is 0.133. The zero-order valence-electron chi connectivity index (χ0n) is 21.5. The summed E-state index contributed by atoms with van der Waals surface area (Å²) in [5.74, 6) is 0.558. The van der Waals surface area contributed by atoms with Gasteiger partial charge < -0.3 is 10.3 Å². The number of halogens is 1. The van der Waals surface area contributed by atoms with E-state index < -0.39 is 0 Å². The summed E-state index contributed by atoms with van der Waals surface area (Å²) in [5.41, 5.74) is 8.61. The van der Waals surface area contributed by atoms with Gasteiger partial charge in [0.15, 0.2) is 11.5 Å². The molecule has 0 saturated carbocycles. The van der Waals surface area contributed by atoms with Gasteiger partial charge in [0.1, 0.15) is 11.3 Å². The third-order valence-electron chi connectivity index (χ3n) is 6.32. The second kappa shape index (κ2) is 10.3. The molecule has 0 aliphatic carbocycles. The van der Waals surface area contributed by atoms with Crippen molar-refractivity contribution in [2.45, 2.75) is 20.8 Å². The summed E-state index contributed by atoms with van der Waals surface area (Å²) >= 11 is 0. The number of nitrogens with zero attached hydrogens (tertiary/aromatic N) is 4. The summed E-state index contributed by atoms with van der Waals surface area (Å²) in [6, 6.07) is 10.2. The van der Waals surface area contributed by atoms with Crippen molar-refractivity contribution in [2.24, 2.45) is 5.92 Å². The molecular weight excluding hydrogens is 477 g/mol. The largest absolute Gasteiger partial charge is 0.359 e. The fourth-order valence-corrected chi connectivity index (χ4v) is 4.06. The van der Waals surface area contributed by atoms with Crippen LogP contribution in [0.1, 0.15) is 26.5 Å². The van der Waals surface area contributed by atoms with Crippen molar-refractivity contribution in [3.8, 4) is 22.6 Å². The van der Waals surface area contributed by atoms with Crippen molar-refractivity contribution in [2.75, 3.05) is 0 Å². The van der Waals surface area contributed by atoms with Crippen LogP contribution in [-0.2, 0) is 0 Å². The molecule has 5 rings (SSSR count). The van der Waals surface area contributed by atoms with E-state index in [4.69, 9.17) is 9.97 Å². The molecule has 1 aromatic carbocycles. The summed E-state index contributed by atoms with van der Waals surface area (Å²) in [6.07, 6.45) is 9.20. The lowest BCUT2D eigenvalue weighted by molar-refractivity contribution is 0.628. The molecule has 38 heavy (non-hydrogen) atoms. The van der Waals surface area contributed by atoms with Crippen LogP contribution in [0.2, 0.25) is 0 Å². The van der Waals surface area contributed by atoms with Gasteiger partial charge in [0.25, 0.3) is 0 Å². The van der Waals surface area contributed by atoms with Crippen LogP contribution in [0.5, 0.6) is 0 Å². The molecule has 0 unspecified atom stereocenters. The molecule has 0 radical (unpaired) electrons. The van der Waals surface area contributed by atoms with Gasteiger partial charge in [-0.05, 0) is 60.4 Å². The molecule has 0 bridgehead atoms. The number of H-pyrrole nitrogens is 2. The molecule has 7 nitrogen and oxygen atoms in total. The van der Waals surface area contributed by atoms with Crippen LogP contribution in [0.3, 0.4) is 0 Å². The van der Waals surface area contributed by atoms with Crippen LogP contribution in [0.4, 0.5) is 4.39 Å². The Morgan fingerprint density at radius 1 is 1.03 bits per heavy atom. The molecule has 0 aliphatic heterocycles. The van der Waals surface area contributed by atoms with Gasteiger partial charge in [-0.2, -0.15) is 5.10 Å². The van der Waals surface area contributed by atoms with E-state index in [-0.39, 0.29) is 11.7 Å². The van der Waals surface area contributed by atoms with E-state index in [1.807, 2.05) is 31.2 Å². The average Bonchev–Trinajstić information content (AvgIpc) is 3.55. The maximum atomic E-state index is 13.5. The monoisotopic (exact) mass is 505 g/mol. The molecule has 0 atom stereocenters. The van der Waals surface area contributed by atoms with E-state index in [1.165, 1.54) is 12.1 Å². The van der Waals surface area contributed by atoms with E-state index in [0.717, 1.165) is 50.3 Å². The van der Waals surface area contributed by atoms with Crippen molar-refractivity contribution < 1.29 is 4.39 Å². The number of benzene rings is 1. The van der Waals surface area contributed by atoms with Crippen molar-refractivity contribution in [3.63, 3.8) is 0 Å². The highest BCUT2D eigenvalue weighted by molar-refractivity contribution is 5.95. The Morgan fingerprint density at radius 3 is 2.53 bits per heavy atom. The lowest BCUT2D eigenvalue weighted by atomic mass is 10.1. The fourth-order valence-electron chi connectivity index (χ4n) is 4.06. The lowest BCUT2D eigenvalue weighted by Gasteiger charge is -2.14. The Hall–Kier alpha value is -4.85. The Morgan fingerprint density at radius 2 is 1.82 bits per heavy atom. The molecule has 4 aromatic heterocycles. The van der Waals surface area contributed by atoms with Gasteiger partial charge in [0.2, 0.25) is 0 Å². The van der Waals surface area contributed by atoms with Gasteiger partial charge >= 0.3 is 0 Å². The highest BCUT2D eigenvalue weighted by Crippen LogP contribution is 2.31. The van der Waals surface area contributed by atoms with E-state index in [9.17, 15) is 4.39 Å². The SMILES string of the molecule is C=C/C(=C\C(=C/C)c1ccc2[nH]nc(-c3nc4c(-c5ccc(F)cc5)cncc4[nH]3)c2n1)NC(=C)C(C)C. The van der Waals surface area contributed by atoms with E-state index in [1.54, 1.807) is 30.6 Å². The molecule has 0 aliphatic rings. The smallest absolute Gasteiger partial charge is 0.161 e. The predicted octanol–water partition coefficient (Wildman–Crippen LogP) is 6.93. The van der Waals surface area contributed by atoms with Crippen molar-refractivity contribution >= 4 is 27.6 Å². The predicted molar refractivity (Wildman–Crippen MR) is 151 cm³/mol. The third kappa shape index (κ3) is 4.76. The van der Waals surface area contributed by atoms with Gasteiger partial charge in [-0.3, -0.25) is 10.1 Å². The Labute approximate surface area is 220 Å². The van der Waals surface area contributed by atoms with E-state index >= 15 is 0 Å². The molecule has 5 aromatic rings. The quantitative estimate of drug-likeness (QED) is 0.199. The molecular formula is C30H28FN7. The molecule has 8 heteroatoms. The number of allylic oxidation sites excluding steroid dienone is 5. The first-order valence-corrected chi connectivity index (χ1v) is 12.3. The highest BCUT2D eigenvalue weighted by Gasteiger charge is 2.17. The number of aromatic amines is 2. The molecule has 0 saturated heterocycles. The molecule has 4 heterocycles. The number of aromatic nitrogens is 6. The average molecular weight is 506 g/mol. The second-order valence-corrected chi connectivity index (χ2v) is 9.19. The molecule has 0 fully saturated rings. The second-order valence-electron chi connectivity index (χ2n) is 9.19. The minimum Gasteiger partial charge on any atom is -0.359 e. The first-order valence-electron chi connectivity index (χ1n) is 12.3. The third-order valence-corrected chi connectivity index (χ3v) is 6.32. The normalized spacial score (nSPS) is 12.4. The van der Waals surface area contributed by atoms with Crippen LogP contribution in [0.25, 0.3) is 50.3 Å². The summed E-state index contributed by atoms with van der Waals surface area (Å²) in [6.45, 7) is 14.2. The first kappa shape index (κ1) is 24.8. The lowest BCUT2D eigenvalue weighted by Crippen LogP contribution is -2.14. The minimum atomic E-state index is -0.294. The molecule has 3 N–H and O–H groups in total. The summed E-state index contributed by atoms with van der Waals surface area (Å²) < 4.78 is 13.5. The number of hydrogen-bond donors (Lipinski definition) is 3. The van der Waals surface area contributed by atoms with Crippen LogP contribution >= 0.6 is 0 Å². The van der Waals surface area contributed by atoms with E-state index in [0.29, 0.717) is 17.0 Å². The van der Waals surface area contributed by atoms with Gasteiger partial charge in [0, 0.05) is 23.2 Å². The minimum absolute atomic E-state index is 0.290. The van der Waals surface area contributed by atoms with Crippen LogP contribution in [0.15, 0.2) is 91.6 Å². The number of fused-ring (bicyclic) bond motifs is 2. The van der Waals surface area contributed by atoms with Crippen molar-refractivity contribution in [1.82, 2.24) is 35.5 Å². The molecule has 0 amide bonds. The highest BCUT2D eigenvalue weighted by atomic mass is 19.1. The molecule has 190 valence electrons. The maximum absolute atomic E-state index is 13.5. The Bertz CT molecular complexity index is 1720. The van der Waals surface area contributed by atoms with E-state index in [2.05, 4.69) is 52.5 Å².